The van der Waals surface area contributed by atoms with Gasteiger partial charge < -0.3 is 10.2 Å². The summed E-state index contributed by atoms with van der Waals surface area (Å²) >= 11 is 0. The molecule has 0 bridgehead atoms. The number of hydrogen-bond donors (Lipinski definition) is 2. The van der Waals surface area contributed by atoms with E-state index >= 15 is 0 Å². The standard InChI is InChI=1S/C17H24F3NO2/c1-2-8-16(12-22)11-21(9-7-15(16)23)10-13-5-3-4-6-14(13)17(18,19)20/h3-6,15,22-23H,2,7-12H2,1H3/t15-,16+/m1/s1. The predicted octanol–water partition coefficient (Wildman–Crippen LogP) is 3.05. The summed E-state index contributed by atoms with van der Waals surface area (Å²) in [5.74, 6) is 0. The summed E-state index contributed by atoms with van der Waals surface area (Å²) in [7, 11) is 0. The first-order valence-electron chi connectivity index (χ1n) is 7.99. The molecule has 0 unspecified atom stereocenters. The van der Waals surface area contributed by atoms with Crippen molar-refractivity contribution in [1.29, 1.82) is 0 Å². The molecule has 0 amide bonds. The Bertz CT molecular complexity index is 521. The van der Waals surface area contributed by atoms with Gasteiger partial charge in [0.2, 0.25) is 0 Å². The zero-order chi connectivity index (χ0) is 17.1. The molecule has 3 nitrogen and oxygen atoms in total. The predicted molar refractivity (Wildman–Crippen MR) is 81.8 cm³/mol. The maximum absolute atomic E-state index is 13.1. The number of likely N-dealkylation sites (tertiary alicyclic amines) is 1. The monoisotopic (exact) mass is 331 g/mol. The highest BCUT2D eigenvalue weighted by Crippen LogP contribution is 2.37. The van der Waals surface area contributed by atoms with E-state index in [1.54, 1.807) is 6.07 Å². The molecule has 0 aromatic heterocycles. The summed E-state index contributed by atoms with van der Waals surface area (Å²) in [6.45, 7) is 2.93. The third kappa shape index (κ3) is 4.05. The molecule has 1 aromatic carbocycles. The molecule has 0 aliphatic carbocycles. The zero-order valence-corrected chi connectivity index (χ0v) is 13.3. The lowest BCUT2D eigenvalue weighted by atomic mass is 9.74. The second-order valence-electron chi connectivity index (χ2n) is 6.44. The number of halogens is 3. The van der Waals surface area contributed by atoms with Crippen molar-refractivity contribution in [2.24, 2.45) is 5.41 Å². The van der Waals surface area contributed by atoms with Crippen LogP contribution in [0.4, 0.5) is 13.2 Å². The van der Waals surface area contributed by atoms with Crippen molar-refractivity contribution in [2.45, 2.75) is 45.0 Å². The lowest BCUT2D eigenvalue weighted by Crippen LogP contribution is -2.53. The highest BCUT2D eigenvalue weighted by atomic mass is 19.4. The smallest absolute Gasteiger partial charge is 0.396 e. The zero-order valence-electron chi connectivity index (χ0n) is 13.3. The fourth-order valence-corrected chi connectivity index (χ4v) is 3.53. The quantitative estimate of drug-likeness (QED) is 0.871. The number of piperidine rings is 1. The summed E-state index contributed by atoms with van der Waals surface area (Å²) in [6.07, 6.45) is -3.05. The van der Waals surface area contributed by atoms with Crippen LogP contribution in [0.5, 0.6) is 0 Å². The average Bonchev–Trinajstić information content (AvgIpc) is 2.50. The van der Waals surface area contributed by atoms with Crippen molar-refractivity contribution in [1.82, 2.24) is 4.90 Å². The molecule has 1 aliphatic rings. The number of benzene rings is 1. The molecule has 0 radical (unpaired) electrons. The molecule has 1 aromatic rings. The van der Waals surface area contributed by atoms with Crippen molar-refractivity contribution >= 4 is 0 Å². The maximum Gasteiger partial charge on any atom is 0.416 e. The van der Waals surface area contributed by atoms with Gasteiger partial charge in [-0.15, -0.1) is 0 Å². The van der Waals surface area contributed by atoms with Crippen molar-refractivity contribution in [3.05, 3.63) is 35.4 Å². The first-order chi connectivity index (χ1) is 10.8. The van der Waals surface area contributed by atoms with E-state index in [9.17, 15) is 23.4 Å². The summed E-state index contributed by atoms with van der Waals surface area (Å²) in [5.41, 5.74) is -1.02. The molecule has 1 heterocycles. The number of nitrogens with zero attached hydrogens (tertiary/aromatic N) is 1. The topological polar surface area (TPSA) is 43.7 Å². The van der Waals surface area contributed by atoms with Gasteiger partial charge in [0.1, 0.15) is 0 Å². The van der Waals surface area contributed by atoms with E-state index < -0.39 is 23.3 Å². The van der Waals surface area contributed by atoms with Crippen LogP contribution in [0.15, 0.2) is 24.3 Å². The summed E-state index contributed by atoms with van der Waals surface area (Å²) in [5, 5.41) is 20.0. The Kier molecular flexibility index (Phi) is 5.70. The van der Waals surface area contributed by atoms with E-state index in [1.165, 1.54) is 12.1 Å². The number of alkyl halides is 3. The lowest BCUT2D eigenvalue weighted by molar-refractivity contribution is -0.138. The average molecular weight is 331 g/mol. The van der Waals surface area contributed by atoms with Gasteiger partial charge in [0.15, 0.2) is 0 Å². The first kappa shape index (κ1) is 18.2. The highest BCUT2D eigenvalue weighted by molar-refractivity contribution is 5.29. The third-order valence-electron chi connectivity index (χ3n) is 4.74. The Hall–Kier alpha value is -1.11. The van der Waals surface area contributed by atoms with Gasteiger partial charge in [-0.3, -0.25) is 4.90 Å². The van der Waals surface area contributed by atoms with Crippen LogP contribution in [-0.4, -0.2) is 40.9 Å². The Labute approximate surface area is 134 Å². The molecule has 0 saturated carbocycles. The third-order valence-corrected chi connectivity index (χ3v) is 4.74. The van der Waals surface area contributed by atoms with E-state index in [0.29, 0.717) is 25.9 Å². The molecule has 1 aliphatic heterocycles. The molecule has 2 atom stereocenters. The van der Waals surface area contributed by atoms with Crippen LogP contribution in [0.1, 0.15) is 37.3 Å². The van der Waals surface area contributed by atoms with Gasteiger partial charge in [-0.2, -0.15) is 13.2 Å². The number of aliphatic hydroxyl groups excluding tert-OH is 2. The molecular weight excluding hydrogens is 307 g/mol. The van der Waals surface area contributed by atoms with Gasteiger partial charge >= 0.3 is 6.18 Å². The minimum Gasteiger partial charge on any atom is -0.396 e. The van der Waals surface area contributed by atoms with Gasteiger partial charge in [0.05, 0.1) is 18.3 Å². The van der Waals surface area contributed by atoms with Crippen LogP contribution < -0.4 is 0 Å². The van der Waals surface area contributed by atoms with Gasteiger partial charge in [0.25, 0.3) is 0 Å². The van der Waals surface area contributed by atoms with Crippen molar-refractivity contribution in [3.63, 3.8) is 0 Å². The van der Waals surface area contributed by atoms with Gasteiger partial charge in [-0.1, -0.05) is 31.5 Å². The number of hydrogen-bond acceptors (Lipinski definition) is 3. The van der Waals surface area contributed by atoms with E-state index in [2.05, 4.69) is 0 Å². The SMILES string of the molecule is CCC[C@@]1(CO)CN(Cc2ccccc2C(F)(F)F)CC[C@H]1O. The van der Waals surface area contributed by atoms with Crippen LogP contribution in [0.2, 0.25) is 0 Å². The second-order valence-corrected chi connectivity index (χ2v) is 6.44. The minimum absolute atomic E-state index is 0.153. The number of rotatable bonds is 5. The molecule has 2 N–H and O–H groups in total. The van der Waals surface area contributed by atoms with E-state index in [4.69, 9.17) is 0 Å². The Morgan fingerprint density at radius 2 is 2.00 bits per heavy atom. The van der Waals surface area contributed by atoms with Crippen LogP contribution >= 0.6 is 0 Å². The van der Waals surface area contributed by atoms with Crippen LogP contribution in [-0.2, 0) is 12.7 Å². The van der Waals surface area contributed by atoms with E-state index in [-0.39, 0.29) is 18.7 Å². The molecule has 0 spiro atoms. The largest absolute Gasteiger partial charge is 0.416 e. The summed E-state index contributed by atoms with van der Waals surface area (Å²) in [6, 6.07) is 5.59. The van der Waals surface area contributed by atoms with Crippen molar-refractivity contribution in [2.75, 3.05) is 19.7 Å². The van der Waals surface area contributed by atoms with Gasteiger partial charge in [0, 0.05) is 25.0 Å². The number of aliphatic hydroxyl groups is 2. The molecule has 1 fully saturated rings. The molecule has 23 heavy (non-hydrogen) atoms. The maximum atomic E-state index is 13.1. The van der Waals surface area contributed by atoms with Crippen LogP contribution in [0, 0.1) is 5.41 Å². The second kappa shape index (κ2) is 7.20. The van der Waals surface area contributed by atoms with Crippen molar-refractivity contribution < 1.29 is 23.4 Å². The first-order valence-corrected chi connectivity index (χ1v) is 7.99. The fourth-order valence-electron chi connectivity index (χ4n) is 3.53. The molecule has 6 heteroatoms. The lowest BCUT2D eigenvalue weighted by Gasteiger charge is -2.45. The molecular formula is C17H24F3NO2. The fraction of sp³-hybridized carbons (Fsp3) is 0.647. The normalized spacial score (nSPS) is 26.4. The van der Waals surface area contributed by atoms with Crippen LogP contribution in [0.25, 0.3) is 0 Å². The van der Waals surface area contributed by atoms with Gasteiger partial charge in [-0.05, 0) is 24.5 Å². The highest BCUT2D eigenvalue weighted by Gasteiger charge is 2.42. The van der Waals surface area contributed by atoms with Gasteiger partial charge in [-0.25, -0.2) is 0 Å². The van der Waals surface area contributed by atoms with E-state index in [1.807, 2.05) is 11.8 Å². The summed E-state index contributed by atoms with van der Waals surface area (Å²) < 4.78 is 39.3. The van der Waals surface area contributed by atoms with Crippen molar-refractivity contribution in [3.8, 4) is 0 Å². The Balaban J connectivity index is 2.18. The molecule has 1 saturated heterocycles. The van der Waals surface area contributed by atoms with E-state index in [0.717, 1.165) is 12.5 Å². The molecule has 130 valence electrons. The Morgan fingerprint density at radius 3 is 2.61 bits per heavy atom. The minimum atomic E-state index is -4.37. The summed E-state index contributed by atoms with van der Waals surface area (Å²) in [4.78, 5) is 1.91. The molecule has 2 rings (SSSR count). The van der Waals surface area contributed by atoms with Crippen LogP contribution in [0.3, 0.4) is 0 Å². The Morgan fingerprint density at radius 1 is 1.30 bits per heavy atom.